The first-order valence-corrected chi connectivity index (χ1v) is 5.03. The van der Waals surface area contributed by atoms with E-state index in [2.05, 4.69) is 0 Å². The lowest BCUT2D eigenvalue weighted by Crippen LogP contribution is -2.17. The van der Waals surface area contributed by atoms with Crippen LogP contribution in [0, 0.1) is 0 Å². The molecule has 0 amide bonds. The summed E-state index contributed by atoms with van der Waals surface area (Å²) in [7, 11) is 1.66. The Kier molecular flexibility index (Phi) is 4.39. The molecule has 0 heterocycles. The summed E-state index contributed by atoms with van der Waals surface area (Å²) in [5.74, 6) is 0. The summed E-state index contributed by atoms with van der Waals surface area (Å²) in [6.45, 7) is 2.54. The molecule has 0 saturated heterocycles. The van der Waals surface area contributed by atoms with E-state index in [0.717, 1.165) is 17.0 Å². The van der Waals surface area contributed by atoms with Gasteiger partial charge in [-0.25, -0.2) is 0 Å². The number of methoxy groups -OCH3 is 1. The third kappa shape index (κ3) is 3.29. The Bertz CT molecular complexity index is 299. The monoisotopic (exact) mass is 213 g/mol. The zero-order chi connectivity index (χ0) is 10.6. The van der Waals surface area contributed by atoms with Gasteiger partial charge in [0.2, 0.25) is 0 Å². The molecule has 0 aromatic heterocycles. The van der Waals surface area contributed by atoms with Gasteiger partial charge in [0, 0.05) is 18.2 Å². The minimum Gasteiger partial charge on any atom is -0.380 e. The highest BCUT2D eigenvalue weighted by molar-refractivity contribution is 6.31. The second kappa shape index (κ2) is 5.35. The normalized spacial score (nSPS) is 12.9. The van der Waals surface area contributed by atoms with Gasteiger partial charge in [0.05, 0.1) is 6.61 Å². The van der Waals surface area contributed by atoms with Crippen LogP contribution in [0.1, 0.15) is 18.1 Å². The molecular formula is C11H16ClNO. The van der Waals surface area contributed by atoms with Crippen molar-refractivity contribution in [1.82, 2.24) is 0 Å². The smallest absolute Gasteiger partial charge is 0.0727 e. The van der Waals surface area contributed by atoms with E-state index < -0.39 is 0 Å². The first-order valence-electron chi connectivity index (χ1n) is 4.65. The summed E-state index contributed by atoms with van der Waals surface area (Å²) in [4.78, 5) is 0. The van der Waals surface area contributed by atoms with Gasteiger partial charge < -0.3 is 10.5 Å². The number of hydrogen-bond acceptors (Lipinski definition) is 2. The van der Waals surface area contributed by atoms with Crippen LogP contribution >= 0.6 is 11.6 Å². The van der Waals surface area contributed by atoms with Gasteiger partial charge >= 0.3 is 0 Å². The molecule has 1 rings (SSSR count). The van der Waals surface area contributed by atoms with Crippen LogP contribution in [-0.2, 0) is 17.8 Å². The molecular weight excluding hydrogens is 198 g/mol. The molecule has 0 saturated carbocycles. The van der Waals surface area contributed by atoms with Crippen molar-refractivity contribution >= 4 is 11.6 Å². The summed E-state index contributed by atoms with van der Waals surface area (Å²) in [5, 5.41) is 0.755. The molecule has 0 aliphatic carbocycles. The maximum absolute atomic E-state index is 6.07. The maximum atomic E-state index is 6.07. The van der Waals surface area contributed by atoms with Crippen molar-refractivity contribution in [2.24, 2.45) is 5.73 Å². The van der Waals surface area contributed by atoms with Gasteiger partial charge in [-0.2, -0.15) is 0 Å². The van der Waals surface area contributed by atoms with Crippen LogP contribution in [0.15, 0.2) is 18.2 Å². The van der Waals surface area contributed by atoms with Crippen LogP contribution in [-0.4, -0.2) is 13.2 Å². The predicted molar refractivity (Wildman–Crippen MR) is 59.5 cm³/mol. The summed E-state index contributed by atoms with van der Waals surface area (Å²) in [5.41, 5.74) is 7.89. The van der Waals surface area contributed by atoms with E-state index in [-0.39, 0.29) is 6.04 Å². The molecule has 3 heteroatoms. The molecule has 2 N–H and O–H groups in total. The number of rotatable bonds is 4. The molecule has 0 aliphatic rings. The van der Waals surface area contributed by atoms with E-state index >= 15 is 0 Å². The molecule has 1 atom stereocenters. The predicted octanol–water partition coefficient (Wildman–Crippen LogP) is 2.38. The first kappa shape index (κ1) is 11.5. The Morgan fingerprint density at radius 1 is 1.50 bits per heavy atom. The maximum Gasteiger partial charge on any atom is 0.0727 e. The molecule has 0 spiro atoms. The van der Waals surface area contributed by atoms with Gasteiger partial charge in [0.1, 0.15) is 0 Å². The Morgan fingerprint density at radius 3 is 2.71 bits per heavy atom. The van der Waals surface area contributed by atoms with Crippen molar-refractivity contribution in [3.63, 3.8) is 0 Å². The topological polar surface area (TPSA) is 35.2 Å². The quantitative estimate of drug-likeness (QED) is 0.834. The minimum atomic E-state index is 0.166. The molecule has 0 radical (unpaired) electrons. The van der Waals surface area contributed by atoms with Crippen molar-refractivity contribution in [3.8, 4) is 0 Å². The average molecular weight is 214 g/mol. The highest BCUT2D eigenvalue weighted by Crippen LogP contribution is 2.19. The summed E-state index contributed by atoms with van der Waals surface area (Å²) >= 11 is 6.07. The molecule has 0 aliphatic heterocycles. The summed E-state index contributed by atoms with van der Waals surface area (Å²) < 4.78 is 5.02. The summed E-state index contributed by atoms with van der Waals surface area (Å²) in [6, 6.07) is 6.16. The van der Waals surface area contributed by atoms with Crippen LogP contribution in [0.3, 0.4) is 0 Å². The average Bonchev–Trinajstić information content (AvgIpc) is 2.09. The molecule has 1 aromatic carbocycles. The van der Waals surface area contributed by atoms with E-state index in [1.54, 1.807) is 7.11 Å². The van der Waals surface area contributed by atoms with Crippen LogP contribution in [0.2, 0.25) is 5.02 Å². The zero-order valence-electron chi connectivity index (χ0n) is 8.59. The van der Waals surface area contributed by atoms with Crippen LogP contribution in [0.5, 0.6) is 0 Å². The Hall–Kier alpha value is -0.570. The molecule has 0 fully saturated rings. The largest absolute Gasteiger partial charge is 0.380 e. The highest BCUT2D eigenvalue weighted by atomic mass is 35.5. The van der Waals surface area contributed by atoms with Gasteiger partial charge in [-0.1, -0.05) is 23.7 Å². The third-order valence-corrected chi connectivity index (χ3v) is 2.33. The number of benzene rings is 1. The number of halogens is 1. The van der Waals surface area contributed by atoms with E-state index in [1.807, 2.05) is 25.1 Å². The number of hydrogen-bond donors (Lipinski definition) is 1. The lowest BCUT2D eigenvalue weighted by atomic mass is 10.1. The molecule has 2 nitrogen and oxygen atoms in total. The Balaban J connectivity index is 2.78. The van der Waals surface area contributed by atoms with Crippen molar-refractivity contribution in [1.29, 1.82) is 0 Å². The van der Waals surface area contributed by atoms with E-state index in [4.69, 9.17) is 22.1 Å². The fourth-order valence-electron chi connectivity index (χ4n) is 1.36. The van der Waals surface area contributed by atoms with Crippen LogP contribution < -0.4 is 5.73 Å². The fraction of sp³-hybridized carbons (Fsp3) is 0.455. The number of ether oxygens (including phenoxy) is 1. The van der Waals surface area contributed by atoms with Crippen LogP contribution in [0.4, 0.5) is 0 Å². The molecule has 1 unspecified atom stereocenters. The number of nitrogens with two attached hydrogens (primary N) is 1. The lowest BCUT2D eigenvalue weighted by molar-refractivity contribution is 0.185. The Labute approximate surface area is 90.0 Å². The van der Waals surface area contributed by atoms with Gasteiger partial charge in [0.25, 0.3) is 0 Å². The SMILES string of the molecule is COCc1ccc(CC(C)N)cc1Cl. The van der Waals surface area contributed by atoms with Crippen molar-refractivity contribution < 1.29 is 4.74 Å². The molecule has 1 aromatic rings. The molecule has 14 heavy (non-hydrogen) atoms. The first-order chi connectivity index (χ1) is 6.63. The second-order valence-corrected chi connectivity index (χ2v) is 3.95. The van der Waals surface area contributed by atoms with Crippen molar-refractivity contribution in [3.05, 3.63) is 34.3 Å². The second-order valence-electron chi connectivity index (χ2n) is 3.54. The lowest BCUT2D eigenvalue weighted by Gasteiger charge is -2.08. The fourth-order valence-corrected chi connectivity index (χ4v) is 1.62. The zero-order valence-corrected chi connectivity index (χ0v) is 9.34. The summed E-state index contributed by atoms with van der Waals surface area (Å²) in [6.07, 6.45) is 0.854. The minimum absolute atomic E-state index is 0.166. The van der Waals surface area contributed by atoms with Gasteiger partial charge in [-0.05, 0) is 30.5 Å². The van der Waals surface area contributed by atoms with E-state index in [0.29, 0.717) is 6.61 Å². The molecule has 0 bridgehead atoms. The van der Waals surface area contributed by atoms with Crippen LogP contribution in [0.25, 0.3) is 0 Å². The van der Waals surface area contributed by atoms with Gasteiger partial charge in [-0.15, -0.1) is 0 Å². The van der Waals surface area contributed by atoms with Gasteiger partial charge in [0.15, 0.2) is 0 Å². The molecule has 78 valence electrons. The third-order valence-electron chi connectivity index (χ3n) is 1.97. The highest BCUT2D eigenvalue weighted by Gasteiger charge is 2.03. The van der Waals surface area contributed by atoms with E-state index in [9.17, 15) is 0 Å². The van der Waals surface area contributed by atoms with Crippen molar-refractivity contribution in [2.45, 2.75) is 26.0 Å². The standard InChI is InChI=1S/C11H16ClNO/c1-8(13)5-9-3-4-10(7-14-2)11(12)6-9/h3-4,6,8H,5,7,13H2,1-2H3. The van der Waals surface area contributed by atoms with Crippen molar-refractivity contribution in [2.75, 3.05) is 7.11 Å². The van der Waals surface area contributed by atoms with E-state index in [1.165, 1.54) is 5.56 Å². The Morgan fingerprint density at radius 2 is 2.21 bits per heavy atom. The van der Waals surface area contributed by atoms with Gasteiger partial charge in [-0.3, -0.25) is 0 Å².